The number of carbonyl (C=O) groups excluding carboxylic acids is 2. The molecule has 1 aromatic heterocycles. The van der Waals surface area contributed by atoms with Crippen LogP contribution in [0.5, 0.6) is 0 Å². The second-order valence-corrected chi connectivity index (χ2v) is 7.65. The summed E-state index contributed by atoms with van der Waals surface area (Å²) < 4.78 is 5.09. The van der Waals surface area contributed by atoms with Crippen molar-refractivity contribution >= 4 is 23.5 Å². The molecule has 0 saturated heterocycles. The van der Waals surface area contributed by atoms with Crippen LogP contribution in [-0.4, -0.2) is 28.4 Å². The lowest BCUT2D eigenvalue weighted by atomic mass is 9.75. The van der Waals surface area contributed by atoms with Crippen LogP contribution in [0, 0.1) is 12.8 Å². The van der Waals surface area contributed by atoms with E-state index >= 15 is 0 Å². The summed E-state index contributed by atoms with van der Waals surface area (Å²) in [5, 5.41) is 15.3. The molecule has 1 heterocycles. The maximum Gasteiger partial charge on any atom is 0.329 e. The van der Waals surface area contributed by atoms with Crippen molar-refractivity contribution in [1.82, 2.24) is 5.32 Å². The lowest BCUT2D eigenvalue weighted by Gasteiger charge is -2.37. The number of hydrogen-bond donors (Lipinski definition) is 3. The normalized spacial score (nSPS) is 21.4. The average Bonchev–Trinajstić information content (AvgIpc) is 3.25. The van der Waals surface area contributed by atoms with Crippen LogP contribution >= 0.6 is 0 Å². The Morgan fingerprint density at radius 1 is 1.17 bits per heavy atom. The zero-order chi connectivity index (χ0) is 21.0. The van der Waals surface area contributed by atoms with Crippen LogP contribution in [0.4, 0.5) is 5.69 Å². The van der Waals surface area contributed by atoms with Gasteiger partial charge in [0.1, 0.15) is 5.54 Å². The Labute approximate surface area is 169 Å². The molecule has 1 aromatic carbocycles. The minimum Gasteiger partial charge on any atom is -0.480 e. The fourth-order valence-corrected chi connectivity index (χ4v) is 3.75. The Bertz CT molecular complexity index is 896. The van der Waals surface area contributed by atoms with Crippen LogP contribution in [-0.2, 0) is 4.79 Å². The molecule has 0 radical (unpaired) electrons. The van der Waals surface area contributed by atoms with E-state index in [2.05, 4.69) is 17.6 Å². The number of aryl methyl sites for hydroxylation is 1. The van der Waals surface area contributed by atoms with Crippen LogP contribution in [0.2, 0.25) is 0 Å². The van der Waals surface area contributed by atoms with E-state index in [1.165, 1.54) is 6.26 Å². The van der Waals surface area contributed by atoms with Crippen molar-refractivity contribution in [2.24, 2.45) is 5.92 Å². The minimum atomic E-state index is -1.24. The molecule has 0 atom stereocenters. The van der Waals surface area contributed by atoms with Gasteiger partial charge in [0.15, 0.2) is 5.76 Å². The molecule has 0 unspecified atom stereocenters. The van der Waals surface area contributed by atoms with Gasteiger partial charge in [0.05, 0.1) is 6.26 Å². The highest BCUT2D eigenvalue weighted by Gasteiger charge is 2.43. The van der Waals surface area contributed by atoms with Gasteiger partial charge in [0, 0.05) is 11.3 Å². The molecular formula is C22H26N2O5. The molecule has 2 amide bonds. The van der Waals surface area contributed by atoms with Gasteiger partial charge < -0.3 is 20.2 Å². The van der Waals surface area contributed by atoms with Crippen molar-refractivity contribution in [3.8, 4) is 0 Å². The van der Waals surface area contributed by atoms with Gasteiger partial charge in [0.2, 0.25) is 0 Å². The zero-order valence-electron chi connectivity index (χ0n) is 16.7. The number of carbonyl (C=O) groups is 3. The Balaban J connectivity index is 1.76. The first-order valence-electron chi connectivity index (χ1n) is 9.86. The van der Waals surface area contributed by atoms with E-state index in [0.717, 1.165) is 24.8 Å². The summed E-state index contributed by atoms with van der Waals surface area (Å²) in [4.78, 5) is 37.0. The number of furan rings is 1. The highest BCUT2D eigenvalue weighted by Crippen LogP contribution is 2.34. The predicted octanol–water partition coefficient (Wildman–Crippen LogP) is 3.99. The second-order valence-electron chi connectivity index (χ2n) is 7.65. The second kappa shape index (κ2) is 8.51. The van der Waals surface area contributed by atoms with Crippen LogP contribution in [0.1, 0.15) is 65.5 Å². The highest BCUT2D eigenvalue weighted by molar-refractivity contribution is 6.04. The first-order chi connectivity index (χ1) is 13.8. The molecule has 1 fully saturated rings. The number of aliphatic carboxylic acids is 1. The minimum absolute atomic E-state index is 0.164. The molecule has 29 heavy (non-hydrogen) atoms. The molecule has 154 valence electrons. The van der Waals surface area contributed by atoms with Crippen molar-refractivity contribution in [1.29, 1.82) is 0 Å². The SMILES string of the molecule is CCC1CCC(NC(=O)c2ccc(C)c(NC(=O)c3ccco3)c2)(C(=O)O)CC1. The summed E-state index contributed by atoms with van der Waals surface area (Å²) in [5.74, 6) is -1.22. The number of rotatable bonds is 6. The molecule has 7 heteroatoms. The number of benzene rings is 1. The standard InChI is InChI=1S/C22H26N2O5/c1-3-15-8-10-22(11-9-15,21(27)28)24-19(25)16-7-6-14(2)17(13-16)23-20(26)18-5-4-12-29-18/h4-7,12-13,15H,3,8-11H2,1-2H3,(H,23,26)(H,24,25)(H,27,28). The van der Waals surface area contributed by atoms with Gasteiger partial charge in [-0.2, -0.15) is 0 Å². The third-order valence-corrected chi connectivity index (χ3v) is 5.79. The molecule has 2 aromatic rings. The fraction of sp³-hybridized carbons (Fsp3) is 0.409. The molecule has 0 aliphatic heterocycles. The monoisotopic (exact) mass is 398 g/mol. The third-order valence-electron chi connectivity index (χ3n) is 5.79. The van der Waals surface area contributed by atoms with E-state index in [1.54, 1.807) is 30.3 Å². The number of nitrogens with one attached hydrogen (secondary N) is 2. The van der Waals surface area contributed by atoms with Crippen molar-refractivity contribution in [3.05, 3.63) is 53.5 Å². The van der Waals surface area contributed by atoms with Crippen molar-refractivity contribution in [3.63, 3.8) is 0 Å². The van der Waals surface area contributed by atoms with Crippen molar-refractivity contribution < 1.29 is 23.9 Å². The van der Waals surface area contributed by atoms with Gasteiger partial charge in [-0.3, -0.25) is 9.59 Å². The van der Waals surface area contributed by atoms with Crippen LogP contribution in [0.15, 0.2) is 41.0 Å². The molecule has 3 rings (SSSR count). The number of hydrogen-bond acceptors (Lipinski definition) is 4. The molecule has 1 saturated carbocycles. The van der Waals surface area contributed by atoms with E-state index in [-0.39, 0.29) is 5.76 Å². The lowest BCUT2D eigenvalue weighted by Crippen LogP contribution is -2.56. The largest absolute Gasteiger partial charge is 0.480 e. The Morgan fingerprint density at radius 2 is 1.90 bits per heavy atom. The number of anilines is 1. The molecule has 7 nitrogen and oxygen atoms in total. The lowest BCUT2D eigenvalue weighted by molar-refractivity contribution is -0.146. The van der Waals surface area contributed by atoms with Crippen LogP contribution < -0.4 is 10.6 Å². The Morgan fingerprint density at radius 3 is 2.48 bits per heavy atom. The average molecular weight is 398 g/mol. The smallest absolute Gasteiger partial charge is 0.329 e. The number of amides is 2. The maximum absolute atomic E-state index is 12.8. The van der Waals surface area contributed by atoms with E-state index in [0.29, 0.717) is 30.0 Å². The summed E-state index contributed by atoms with van der Waals surface area (Å²) in [5.41, 5.74) is 0.296. The molecule has 0 spiro atoms. The van der Waals surface area contributed by atoms with E-state index in [9.17, 15) is 19.5 Å². The highest BCUT2D eigenvalue weighted by atomic mass is 16.4. The summed E-state index contributed by atoms with van der Waals surface area (Å²) in [6, 6.07) is 8.06. The maximum atomic E-state index is 12.8. The summed E-state index contributed by atoms with van der Waals surface area (Å²) in [7, 11) is 0. The molecule has 3 N–H and O–H groups in total. The summed E-state index contributed by atoms with van der Waals surface area (Å²) in [6.07, 6.45) is 4.81. The van der Waals surface area contributed by atoms with Gasteiger partial charge in [-0.1, -0.05) is 19.4 Å². The predicted molar refractivity (Wildman–Crippen MR) is 108 cm³/mol. The molecule has 1 aliphatic rings. The van der Waals surface area contributed by atoms with Crippen molar-refractivity contribution in [2.75, 3.05) is 5.32 Å². The first-order valence-corrected chi connectivity index (χ1v) is 9.86. The summed E-state index contributed by atoms with van der Waals surface area (Å²) in [6.45, 7) is 3.91. The number of carboxylic acids is 1. The van der Waals surface area contributed by atoms with Gasteiger partial charge in [-0.15, -0.1) is 0 Å². The molecule has 1 aliphatic carbocycles. The first kappa shape index (κ1) is 20.6. The van der Waals surface area contributed by atoms with Gasteiger partial charge in [0.25, 0.3) is 11.8 Å². The van der Waals surface area contributed by atoms with E-state index in [1.807, 2.05) is 6.92 Å². The van der Waals surface area contributed by atoms with Gasteiger partial charge in [-0.25, -0.2) is 4.79 Å². The van der Waals surface area contributed by atoms with Gasteiger partial charge >= 0.3 is 5.97 Å². The van der Waals surface area contributed by atoms with Crippen LogP contribution in [0.3, 0.4) is 0 Å². The van der Waals surface area contributed by atoms with Crippen LogP contribution in [0.25, 0.3) is 0 Å². The van der Waals surface area contributed by atoms with E-state index in [4.69, 9.17) is 4.42 Å². The van der Waals surface area contributed by atoms with Crippen molar-refractivity contribution in [2.45, 2.75) is 51.5 Å². The molecular weight excluding hydrogens is 372 g/mol. The topological polar surface area (TPSA) is 109 Å². The Hall–Kier alpha value is -3.09. The number of carboxylic acid groups (broad SMARTS) is 1. The van der Waals surface area contributed by atoms with Gasteiger partial charge in [-0.05, 0) is 68.4 Å². The molecule has 0 bridgehead atoms. The zero-order valence-corrected chi connectivity index (χ0v) is 16.7. The summed E-state index contributed by atoms with van der Waals surface area (Å²) >= 11 is 0. The van der Waals surface area contributed by atoms with E-state index < -0.39 is 23.3 Å². The fourth-order valence-electron chi connectivity index (χ4n) is 3.75. The third kappa shape index (κ3) is 4.50. The quantitative estimate of drug-likeness (QED) is 0.682. The Kier molecular flexibility index (Phi) is 6.06.